The fraction of sp³-hybridized carbons (Fsp3) is 0.341. The van der Waals surface area contributed by atoms with Gasteiger partial charge in [-0.2, -0.15) is 0 Å². The third-order valence-corrected chi connectivity index (χ3v) is 9.11. The maximum Gasteiger partial charge on any atom is 0.412 e. The van der Waals surface area contributed by atoms with Crippen molar-refractivity contribution in [3.05, 3.63) is 111 Å². The molecule has 3 N–H and O–H groups in total. The van der Waals surface area contributed by atoms with Gasteiger partial charge in [0.1, 0.15) is 22.7 Å². The number of ether oxygens (including phenoxy) is 3. The van der Waals surface area contributed by atoms with Crippen molar-refractivity contribution in [1.29, 1.82) is 0 Å². The van der Waals surface area contributed by atoms with Crippen LogP contribution in [0, 0.1) is 0 Å². The van der Waals surface area contributed by atoms with Gasteiger partial charge in [-0.3, -0.25) is 14.7 Å². The van der Waals surface area contributed by atoms with Gasteiger partial charge in [0.15, 0.2) is 0 Å². The Labute approximate surface area is 337 Å². The predicted octanol–water partition coefficient (Wildman–Crippen LogP) is 10.6. The summed E-state index contributed by atoms with van der Waals surface area (Å²) in [7, 11) is 0. The van der Waals surface area contributed by atoms with Gasteiger partial charge in [-0.25, -0.2) is 19.4 Å². The van der Waals surface area contributed by atoms with Crippen LogP contribution in [-0.4, -0.2) is 46.5 Å². The highest BCUT2D eigenvalue weighted by atomic mass is 35.5. The second kappa shape index (κ2) is 18.4. The van der Waals surface area contributed by atoms with E-state index in [2.05, 4.69) is 20.9 Å². The SMILES string of the molecule is CCn1c(=O)c(NC(=O)Nc2c(C(C)C)cc(NC(=O)OC(C)(C)C)cc2C(C)C)c(-c2cccc(OCCCOC(=O)c3cccc(Cl)c3)c2)c2cccnc21. The third kappa shape index (κ3) is 10.7. The zero-order valence-electron chi connectivity index (χ0n) is 33.6. The molecule has 5 rings (SSSR count). The first-order chi connectivity index (χ1) is 27.1. The molecule has 5 aromatic rings. The van der Waals surface area contributed by atoms with E-state index >= 15 is 0 Å². The van der Waals surface area contributed by atoms with Gasteiger partial charge in [0.05, 0.1) is 18.8 Å². The lowest BCUT2D eigenvalue weighted by Gasteiger charge is -2.24. The minimum atomic E-state index is -0.676. The number of esters is 1. The van der Waals surface area contributed by atoms with Crippen molar-refractivity contribution < 1.29 is 28.6 Å². The van der Waals surface area contributed by atoms with Crippen LogP contribution < -0.4 is 26.2 Å². The normalized spacial score (nSPS) is 11.4. The molecule has 3 amide bonds. The highest BCUT2D eigenvalue weighted by Gasteiger charge is 2.24. The molecule has 57 heavy (non-hydrogen) atoms. The Morgan fingerprint density at radius 3 is 2.18 bits per heavy atom. The van der Waals surface area contributed by atoms with Gasteiger partial charge in [0.25, 0.3) is 5.56 Å². The number of carbonyl (C=O) groups is 3. The van der Waals surface area contributed by atoms with Crippen molar-refractivity contribution in [3.8, 4) is 16.9 Å². The van der Waals surface area contributed by atoms with Crippen LogP contribution in [0.1, 0.15) is 95.1 Å². The van der Waals surface area contributed by atoms with E-state index in [0.29, 0.717) is 62.8 Å². The summed E-state index contributed by atoms with van der Waals surface area (Å²) in [6.45, 7) is 15.9. The Balaban J connectivity index is 1.43. The van der Waals surface area contributed by atoms with Gasteiger partial charge >= 0.3 is 18.1 Å². The summed E-state index contributed by atoms with van der Waals surface area (Å²) in [6.07, 6.45) is 1.47. The molecule has 0 bridgehead atoms. The van der Waals surface area contributed by atoms with Crippen molar-refractivity contribution >= 4 is 57.8 Å². The summed E-state index contributed by atoms with van der Waals surface area (Å²) in [5, 5.41) is 9.89. The average Bonchev–Trinajstić information content (AvgIpc) is 3.14. The number of pyridine rings is 2. The van der Waals surface area contributed by atoms with Crippen LogP contribution in [-0.2, 0) is 16.0 Å². The quantitative estimate of drug-likeness (QED) is 0.0787. The van der Waals surface area contributed by atoms with E-state index in [4.69, 9.17) is 25.8 Å². The summed E-state index contributed by atoms with van der Waals surface area (Å²) in [5.41, 5.74) is 3.62. The van der Waals surface area contributed by atoms with Gasteiger partial charge in [0.2, 0.25) is 0 Å². The highest BCUT2D eigenvalue weighted by Crippen LogP contribution is 2.38. The average molecular weight is 796 g/mol. The zero-order chi connectivity index (χ0) is 41.4. The van der Waals surface area contributed by atoms with E-state index in [0.717, 1.165) is 11.1 Å². The summed E-state index contributed by atoms with van der Waals surface area (Å²) in [5.74, 6) is -0.0472. The van der Waals surface area contributed by atoms with Crippen LogP contribution in [0.15, 0.2) is 83.8 Å². The molecule has 0 saturated heterocycles. The maximum atomic E-state index is 14.2. The van der Waals surface area contributed by atoms with Gasteiger partial charge in [-0.05, 0) is 111 Å². The van der Waals surface area contributed by atoms with Crippen LogP contribution >= 0.6 is 11.6 Å². The lowest BCUT2D eigenvalue weighted by Crippen LogP contribution is -2.30. The van der Waals surface area contributed by atoms with Gasteiger partial charge < -0.3 is 24.8 Å². The van der Waals surface area contributed by atoms with Crippen molar-refractivity contribution in [2.24, 2.45) is 0 Å². The minimum Gasteiger partial charge on any atom is -0.493 e. The molecule has 0 spiro atoms. The Morgan fingerprint density at radius 1 is 0.842 bits per heavy atom. The fourth-order valence-corrected chi connectivity index (χ4v) is 6.53. The van der Waals surface area contributed by atoms with E-state index < -0.39 is 29.3 Å². The van der Waals surface area contributed by atoms with E-state index in [9.17, 15) is 19.2 Å². The fourth-order valence-electron chi connectivity index (χ4n) is 6.34. The first-order valence-electron chi connectivity index (χ1n) is 19.0. The zero-order valence-corrected chi connectivity index (χ0v) is 34.4. The molecule has 0 saturated carbocycles. The lowest BCUT2D eigenvalue weighted by atomic mass is 9.91. The number of amides is 3. The number of aromatic nitrogens is 2. The summed E-state index contributed by atoms with van der Waals surface area (Å²) in [4.78, 5) is 58.0. The number of rotatable bonds is 13. The minimum absolute atomic E-state index is 0.0458. The number of benzene rings is 3. The number of hydrogen-bond donors (Lipinski definition) is 3. The maximum absolute atomic E-state index is 14.2. The van der Waals surface area contributed by atoms with E-state index in [1.807, 2.05) is 58.9 Å². The largest absolute Gasteiger partial charge is 0.493 e. The van der Waals surface area contributed by atoms with Crippen LogP contribution in [0.2, 0.25) is 5.02 Å². The number of nitrogens with one attached hydrogen (secondary N) is 3. The molecule has 0 fully saturated rings. The second-order valence-electron chi connectivity index (χ2n) is 15.1. The number of fused-ring (bicyclic) bond motifs is 1. The first kappa shape index (κ1) is 42.3. The van der Waals surface area contributed by atoms with Crippen molar-refractivity contribution in [2.45, 2.75) is 85.8 Å². The lowest BCUT2D eigenvalue weighted by molar-refractivity contribution is 0.0485. The van der Waals surface area contributed by atoms with Crippen LogP contribution in [0.5, 0.6) is 5.75 Å². The predicted molar refractivity (Wildman–Crippen MR) is 226 cm³/mol. The molecule has 0 aliphatic heterocycles. The first-order valence-corrected chi connectivity index (χ1v) is 19.4. The summed E-state index contributed by atoms with van der Waals surface area (Å²) in [6, 6.07) is 20.4. The Morgan fingerprint density at radius 2 is 1.53 bits per heavy atom. The number of aryl methyl sites for hydroxylation is 1. The van der Waals surface area contributed by atoms with Crippen molar-refractivity contribution in [2.75, 3.05) is 29.2 Å². The van der Waals surface area contributed by atoms with Gasteiger partial charge in [-0.1, -0.05) is 57.5 Å². The Hall–Kier alpha value is -5.88. The van der Waals surface area contributed by atoms with Crippen LogP contribution in [0.4, 0.5) is 26.7 Å². The molecule has 3 aromatic carbocycles. The number of carbonyl (C=O) groups excluding carboxylic acids is 3. The number of anilines is 3. The van der Waals surface area contributed by atoms with Gasteiger partial charge in [0, 0.05) is 46.5 Å². The van der Waals surface area contributed by atoms with E-state index in [-0.39, 0.29) is 30.7 Å². The Bertz CT molecular complexity index is 2300. The van der Waals surface area contributed by atoms with E-state index in [1.165, 1.54) is 4.57 Å². The Kier molecular flexibility index (Phi) is 13.6. The third-order valence-electron chi connectivity index (χ3n) is 8.88. The number of hydrogen-bond acceptors (Lipinski definition) is 8. The standard InChI is InChI=1S/C44H50ClN5O7/c1-9-50-39-33(18-12-19-46-39)36(28-14-11-17-32(23-28)55-20-13-21-56-41(52)29-15-10-16-30(45)22-29)38(40(50)51)49-42(53)48-37-34(26(2)3)24-31(25-35(37)27(4)5)47-43(54)57-44(6,7)8/h10-12,14-19,22-27H,9,13,20-21H2,1-8H3,(H,47,54)(H2,48,49,53). The van der Waals surface area contributed by atoms with E-state index in [1.54, 1.807) is 75.5 Å². The molecule has 0 atom stereocenters. The number of halogens is 1. The van der Waals surface area contributed by atoms with Crippen LogP contribution in [0.25, 0.3) is 22.2 Å². The molecule has 13 heteroatoms. The molecule has 0 aliphatic rings. The molecule has 2 aromatic heterocycles. The molecular weight excluding hydrogens is 746 g/mol. The van der Waals surface area contributed by atoms with Crippen molar-refractivity contribution in [1.82, 2.24) is 9.55 Å². The molecule has 12 nitrogen and oxygen atoms in total. The topological polar surface area (TPSA) is 150 Å². The highest BCUT2D eigenvalue weighted by molar-refractivity contribution is 6.30. The molecule has 0 aliphatic carbocycles. The van der Waals surface area contributed by atoms with Crippen molar-refractivity contribution in [3.63, 3.8) is 0 Å². The smallest absolute Gasteiger partial charge is 0.412 e. The van der Waals surface area contributed by atoms with Gasteiger partial charge in [-0.15, -0.1) is 0 Å². The second-order valence-corrected chi connectivity index (χ2v) is 15.5. The molecule has 0 unspecified atom stereocenters. The molecule has 300 valence electrons. The van der Waals surface area contributed by atoms with Crippen LogP contribution in [0.3, 0.4) is 0 Å². The molecule has 2 heterocycles. The number of urea groups is 1. The molecule has 0 radical (unpaired) electrons. The number of nitrogens with zero attached hydrogens (tertiary/aromatic N) is 2. The summed E-state index contributed by atoms with van der Waals surface area (Å²) >= 11 is 6.00. The monoisotopic (exact) mass is 795 g/mol. The summed E-state index contributed by atoms with van der Waals surface area (Å²) < 4.78 is 18.4. The molecular formula is C44H50ClN5O7.